The summed E-state index contributed by atoms with van der Waals surface area (Å²) in [4.78, 5) is 49.7. The van der Waals surface area contributed by atoms with Crippen molar-refractivity contribution in [2.24, 2.45) is 0 Å². The maximum absolute atomic E-state index is 13.5. The molecule has 0 aliphatic carbocycles. The molecular weight excluding hydrogens is 630 g/mol. The molecule has 2 aliphatic rings. The number of pyridine rings is 1. The summed E-state index contributed by atoms with van der Waals surface area (Å²) in [5.41, 5.74) is 6.97. The van der Waals surface area contributed by atoms with Gasteiger partial charge in [-0.15, -0.1) is 0 Å². The first-order valence-electron chi connectivity index (χ1n) is 17.0. The molecule has 2 amide bonds. The predicted molar refractivity (Wildman–Crippen MR) is 194 cm³/mol. The van der Waals surface area contributed by atoms with Crippen molar-refractivity contribution in [1.82, 2.24) is 19.7 Å². The number of ketones is 1. The quantitative estimate of drug-likeness (QED) is 0.181. The van der Waals surface area contributed by atoms with Gasteiger partial charge in [0.1, 0.15) is 0 Å². The zero-order chi connectivity index (χ0) is 34.9. The summed E-state index contributed by atoms with van der Waals surface area (Å²) in [6, 6.07) is 21.4. The smallest absolute Gasteiger partial charge is 0.253 e. The maximum atomic E-state index is 13.5. The topological polar surface area (TPSA) is 104 Å². The van der Waals surface area contributed by atoms with E-state index >= 15 is 0 Å². The number of amides is 2. The van der Waals surface area contributed by atoms with Crippen LogP contribution in [0, 0.1) is 6.92 Å². The van der Waals surface area contributed by atoms with E-state index in [1.54, 1.807) is 32.1 Å². The van der Waals surface area contributed by atoms with E-state index in [0.29, 0.717) is 62.4 Å². The Morgan fingerprint density at radius 2 is 1.60 bits per heavy atom. The van der Waals surface area contributed by atoms with Crippen molar-refractivity contribution in [2.45, 2.75) is 33.2 Å². The normalized spacial score (nSPS) is 14.3. The third kappa shape index (κ3) is 6.58. The van der Waals surface area contributed by atoms with Crippen molar-refractivity contribution >= 4 is 50.6 Å². The largest absolute Gasteiger partial charge is 0.454 e. The monoisotopic (exact) mass is 671 g/mol. The van der Waals surface area contributed by atoms with Crippen LogP contribution in [0.25, 0.3) is 21.7 Å². The Labute approximate surface area is 291 Å². The number of fused-ring (bicyclic) bond motifs is 3. The Balaban J connectivity index is 1.04. The SMILES string of the molecule is CC(=O)c1ccc(CCC(=O)N2CCN(Cc3c(C(=O)N(C)C)cc(C)c4ncccc34)CC2)c2cc(Nc3ccc4c(c3)OCO4)ccc12. The van der Waals surface area contributed by atoms with E-state index in [1.807, 2.05) is 78.6 Å². The van der Waals surface area contributed by atoms with Crippen LogP contribution < -0.4 is 14.8 Å². The fraction of sp³-hybridized carbons (Fsp3) is 0.300. The molecule has 0 unspecified atom stereocenters. The molecule has 1 fully saturated rings. The van der Waals surface area contributed by atoms with E-state index in [2.05, 4.69) is 15.2 Å². The number of carbonyl (C=O) groups is 3. The van der Waals surface area contributed by atoms with Crippen LogP contribution >= 0.6 is 0 Å². The Bertz CT molecular complexity index is 2140. The lowest BCUT2D eigenvalue weighted by Gasteiger charge is -2.35. The van der Waals surface area contributed by atoms with Crippen LogP contribution in [0.4, 0.5) is 11.4 Å². The van der Waals surface area contributed by atoms with Gasteiger partial charge in [-0.1, -0.05) is 24.3 Å². The Morgan fingerprint density at radius 3 is 2.38 bits per heavy atom. The van der Waals surface area contributed by atoms with Crippen LogP contribution in [0.5, 0.6) is 11.5 Å². The third-order valence-corrected chi connectivity index (χ3v) is 9.69. The van der Waals surface area contributed by atoms with Crippen LogP contribution in [0.2, 0.25) is 0 Å². The molecule has 0 saturated carbocycles. The van der Waals surface area contributed by atoms with E-state index in [-0.39, 0.29) is 24.4 Å². The first kappa shape index (κ1) is 33.0. The third-order valence-electron chi connectivity index (χ3n) is 9.69. The summed E-state index contributed by atoms with van der Waals surface area (Å²) in [5.74, 6) is 1.50. The van der Waals surface area contributed by atoms with Crippen molar-refractivity contribution in [3.8, 4) is 11.5 Å². The lowest BCUT2D eigenvalue weighted by molar-refractivity contribution is -0.133. The highest BCUT2D eigenvalue weighted by molar-refractivity contribution is 6.08. The number of aromatic nitrogens is 1. The molecule has 2 aliphatic heterocycles. The predicted octanol–water partition coefficient (Wildman–Crippen LogP) is 6.35. The molecule has 0 radical (unpaired) electrons. The molecule has 1 N–H and O–H groups in total. The molecule has 5 aromatic rings. The summed E-state index contributed by atoms with van der Waals surface area (Å²) in [6.45, 7) is 7.05. The lowest BCUT2D eigenvalue weighted by Crippen LogP contribution is -2.48. The van der Waals surface area contributed by atoms with E-state index in [9.17, 15) is 14.4 Å². The number of hydrogen-bond donors (Lipinski definition) is 1. The van der Waals surface area contributed by atoms with Gasteiger partial charge in [-0.3, -0.25) is 24.3 Å². The zero-order valence-corrected chi connectivity index (χ0v) is 28.9. The number of anilines is 2. The maximum Gasteiger partial charge on any atom is 0.253 e. The second-order valence-electron chi connectivity index (χ2n) is 13.3. The minimum atomic E-state index is -0.0256. The number of Topliss-reactive ketones (excluding diaryl/α,β-unsaturated/α-hetero) is 1. The van der Waals surface area contributed by atoms with Gasteiger partial charge in [-0.2, -0.15) is 0 Å². The van der Waals surface area contributed by atoms with Gasteiger partial charge in [0.15, 0.2) is 17.3 Å². The van der Waals surface area contributed by atoms with Gasteiger partial charge in [0, 0.05) is 93.4 Å². The fourth-order valence-corrected chi connectivity index (χ4v) is 7.01. The molecule has 3 heterocycles. The molecule has 256 valence electrons. The zero-order valence-electron chi connectivity index (χ0n) is 28.9. The number of nitrogens with one attached hydrogen (secondary N) is 1. The van der Waals surface area contributed by atoms with E-state index in [1.165, 1.54) is 0 Å². The molecule has 1 aromatic heterocycles. The second-order valence-corrected chi connectivity index (χ2v) is 13.3. The van der Waals surface area contributed by atoms with Gasteiger partial charge in [-0.25, -0.2) is 0 Å². The first-order chi connectivity index (χ1) is 24.2. The van der Waals surface area contributed by atoms with Crippen molar-refractivity contribution in [3.05, 3.63) is 101 Å². The van der Waals surface area contributed by atoms with Crippen LogP contribution in [-0.2, 0) is 17.8 Å². The first-order valence-corrected chi connectivity index (χ1v) is 17.0. The number of nitrogens with zero attached hydrogens (tertiary/aromatic N) is 4. The number of piperazine rings is 1. The summed E-state index contributed by atoms with van der Waals surface area (Å²) in [5, 5.41) is 6.26. The molecule has 10 nitrogen and oxygen atoms in total. The molecule has 10 heteroatoms. The average molecular weight is 672 g/mol. The highest BCUT2D eigenvalue weighted by atomic mass is 16.7. The fourth-order valence-electron chi connectivity index (χ4n) is 7.01. The lowest BCUT2D eigenvalue weighted by atomic mass is 9.94. The molecule has 1 saturated heterocycles. The molecule has 4 aromatic carbocycles. The van der Waals surface area contributed by atoms with E-state index in [0.717, 1.165) is 55.5 Å². The average Bonchev–Trinajstić information content (AvgIpc) is 3.59. The van der Waals surface area contributed by atoms with Crippen LogP contribution in [0.1, 0.15) is 50.8 Å². The number of rotatable bonds is 9. The summed E-state index contributed by atoms with van der Waals surface area (Å²) in [7, 11) is 3.55. The van der Waals surface area contributed by atoms with Gasteiger partial charge in [0.05, 0.1) is 5.52 Å². The van der Waals surface area contributed by atoms with E-state index in [4.69, 9.17) is 9.47 Å². The number of benzene rings is 4. The summed E-state index contributed by atoms with van der Waals surface area (Å²) < 4.78 is 11.0. The van der Waals surface area contributed by atoms with Gasteiger partial charge < -0.3 is 24.6 Å². The van der Waals surface area contributed by atoms with Crippen molar-refractivity contribution in [3.63, 3.8) is 0 Å². The van der Waals surface area contributed by atoms with Gasteiger partial charge in [0.25, 0.3) is 5.91 Å². The van der Waals surface area contributed by atoms with Crippen LogP contribution in [-0.4, -0.2) is 84.3 Å². The Kier molecular flexibility index (Phi) is 9.12. The Morgan fingerprint density at radius 1 is 0.840 bits per heavy atom. The second kappa shape index (κ2) is 13.8. The van der Waals surface area contributed by atoms with Crippen LogP contribution in [0.15, 0.2) is 72.9 Å². The molecule has 50 heavy (non-hydrogen) atoms. The van der Waals surface area contributed by atoms with Crippen LogP contribution in [0.3, 0.4) is 0 Å². The van der Waals surface area contributed by atoms with Crippen molar-refractivity contribution in [1.29, 1.82) is 0 Å². The van der Waals surface area contributed by atoms with Crippen molar-refractivity contribution in [2.75, 3.05) is 52.4 Å². The molecule has 0 spiro atoms. The minimum absolute atomic E-state index is 0.0000709. The molecular formula is C40H41N5O5. The van der Waals surface area contributed by atoms with Gasteiger partial charge >= 0.3 is 0 Å². The number of carbonyl (C=O) groups excluding carboxylic acids is 3. The molecule has 0 bridgehead atoms. The minimum Gasteiger partial charge on any atom is -0.454 e. The van der Waals surface area contributed by atoms with E-state index < -0.39 is 0 Å². The highest BCUT2D eigenvalue weighted by Gasteiger charge is 2.25. The number of ether oxygens (including phenoxy) is 2. The Hall–Kier alpha value is -5.48. The molecule has 0 atom stereocenters. The van der Waals surface area contributed by atoms with Crippen molar-refractivity contribution < 1.29 is 23.9 Å². The van der Waals surface area contributed by atoms with Gasteiger partial charge in [-0.05, 0) is 84.1 Å². The van der Waals surface area contributed by atoms with Gasteiger partial charge in [0.2, 0.25) is 12.7 Å². The number of hydrogen-bond acceptors (Lipinski definition) is 8. The number of aryl methyl sites for hydroxylation is 2. The summed E-state index contributed by atoms with van der Waals surface area (Å²) >= 11 is 0. The summed E-state index contributed by atoms with van der Waals surface area (Å²) in [6.07, 6.45) is 2.71. The molecule has 7 rings (SSSR count). The standard InChI is InChI=1S/C40H41N5O5/c1-25-20-34(40(48)43(3)4)35(32-6-5-15-41-39(25)32)23-44-16-18-45(19-17-44)38(47)14-8-27-7-11-30(26(2)46)31-12-9-28(21-33(27)31)42-29-10-13-36-37(22-29)50-24-49-36/h5-7,9-13,15,20-22,42H,8,14,16-19,23-24H2,1-4H3. The highest BCUT2D eigenvalue weighted by Crippen LogP contribution is 2.36.